The molecule has 0 saturated carbocycles. The summed E-state index contributed by atoms with van der Waals surface area (Å²) in [6.45, 7) is 3.38. The molecule has 0 aliphatic heterocycles. The fourth-order valence-electron chi connectivity index (χ4n) is 8.76. The molecule has 0 aliphatic rings. The minimum absolute atomic E-state index is 0.0814. The molecule has 0 fully saturated rings. The minimum Gasteiger partial charge on any atom is -0.496 e. The van der Waals surface area contributed by atoms with Crippen LogP contribution in [-0.2, 0) is 10.7 Å². The van der Waals surface area contributed by atoms with Gasteiger partial charge in [-0.1, -0.05) is 56.1 Å². The molecule has 4 nitrogen and oxygen atoms in total. The number of hydrogen-bond donors (Lipinski definition) is 0. The highest BCUT2D eigenvalue weighted by Crippen LogP contribution is 2.50. The van der Waals surface area contributed by atoms with Gasteiger partial charge in [0.25, 0.3) is 0 Å². The van der Waals surface area contributed by atoms with Crippen molar-refractivity contribution in [3.63, 3.8) is 0 Å². The van der Waals surface area contributed by atoms with Gasteiger partial charge in [-0.2, -0.15) is 0 Å². The first kappa shape index (κ1) is 54.8. The Morgan fingerprint density at radius 2 is 0.514 bits per heavy atom. The van der Waals surface area contributed by atoms with Crippen LogP contribution >= 0.6 is 31.9 Å². The number of ether oxygens (including phenoxy) is 4. The van der Waals surface area contributed by atoms with Crippen LogP contribution in [0.25, 0.3) is 66.8 Å². The van der Waals surface area contributed by atoms with Crippen LogP contribution in [0.1, 0.15) is 22.3 Å². The predicted octanol–water partition coefficient (Wildman–Crippen LogP) is 17.5. The van der Waals surface area contributed by atoms with Gasteiger partial charge in [0.2, 0.25) is 0 Å². The average molecular weight is 1160 g/mol. The van der Waals surface area contributed by atoms with E-state index in [1.807, 2.05) is 0 Å². The Labute approximate surface area is 433 Å². The van der Waals surface area contributed by atoms with E-state index < -0.39 is 69.8 Å². The van der Waals surface area contributed by atoms with E-state index in [9.17, 15) is 52.7 Å². The van der Waals surface area contributed by atoms with Crippen LogP contribution in [0.4, 0.5) is 52.7 Å². The molecule has 0 bridgehead atoms. The summed E-state index contributed by atoms with van der Waals surface area (Å²) in [5.41, 5.74) is 5.89. The second kappa shape index (κ2) is 22.7. The summed E-state index contributed by atoms with van der Waals surface area (Å²) in [5.74, 6) is -15.6. The van der Waals surface area contributed by atoms with Gasteiger partial charge in [0, 0.05) is 32.9 Å². The Morgan fingerprint density at radius 1 is 0.311 bits per heavy atom. The van der Waals surface area contributed by atoms with E-state index in [4.69, 9.17) is 18.9 Å². The topological polar surface area (TPSA) is 36.9 Å². The molecule has 74 heavy (non-hydrogen) atoms. The molecule has 0 N–H and O–H groups in total. The SMILES string of the molecule is COc1ccc(-c2cc(F)c(F)c(F)c2)c(C)c1-c1c(OC)ccc(-c2cc(F)c(F)c(F)c2)c1C.COc1ccc(-c2cc(F)c(F)c(F)c2)c(CBr)c1-c1c(OC)ccc(-c2cc(F)c(F)c(F)c2)c1CBr. The highest BCUT2D eigenvalue weighted by Gasteiger charge is 2.27. The number of methoxy groups -OCH3 is 4. The van der Waals surface area contributed by atoms with Crippen molar-refractivity contribution in [1.82, 2.24) is 0 Å². The molecular weight excluding hydrogens is 1120 g/mol. The molecule has 8 aromatic rings. The fraction of sp³-hybridized carbons (Fsp3) is 0.143. The number of hydrogen-bond acceptors (Lipinski definition) is 4. The molecule has 384 valence electrons. The number of halogens is 14. The number of rotatable bonds is 12. The summed E-state index contributed by atoms with van der Waals surface area (Å²) in [7, 11) is 5.74. The van der Waals surface area contributed by atoms with Crippen molar-refractivity contribution < 1.29 is 71.6 Å². The highest BCUT2D eigenvalue weighted by atomic mass is 79.9. The molecule has 0 unspecified atom stereocenters. The summed E-state index contributed by atoms with van der Waals surface area (Å²) in [6.07, 6.45) is 0. The van der Waals surface area contributed by atoms with Gasteiger partial charge in [-0.25, -0.2) is 52.7 Å². The first-order chi connectivity index (χ1) is 35.2. The molecule has 0 atom stereocenters. The lowest BCUT2D eigenvalue weighted by Gasteiger charge is -2.23. The van der Waals surface area contributed by atoms with Crippen molar-refractivity contribution in [3.8, 4) is 89.8 Å². The summed E-state index contributed by atoms with van der Waals surface area (Å²) < 4.78 is 189. The molecule has 18 heteroatoms. The van der Waals surface area contributed by atoms with E-state index in [-0.39, 0.29) is 32.9 Å². The van der Waals surface area contributed by atoms with Gasteiger partial charge in [0.15, 0.2) is 69.8 Å². The molecule has 0 amide bonds. The Morgan fingerprint density at radius 3 is 0.730 bits per heavy atom. The fourth-order valence-corrected chi connectivity index (χ4v) is 9.93. The van der Waals surface area contributed by atoms with Crippen molar-refractivity contribution in [1.29, 1.82) is 0 Å². The van der Waals surface area contributed by atoms with Gasteiger partial charge in [-0.05, 0) is 153 Å². The highest BCUT2D eigenvalue weighted by molar-refractivity contribution is 9.08. The van der Waals surface area contributed by atoms with Crippen molar-refractivity contribution in [3.05, 3.63) is 189 Å². The van der Waals surface area contributed by atoms with E-state index in [2.05, 4.69) is 31.9 Å². The van der Waals surface area contributed by atoms with Gasteiger partial charge < -0.3 is 18.9 Å². The van der Waals surface area contributed by atoms with Crippen LogP contribution < -0.4 is 18.9 Å². The summed E-state index contributed by atoms with van der Waals surface area (Å²) in [4.78, 5) is 0. The van der Waals surface area contributed by atoms with Crippen LogP contribution in [0.15, 0.2) is 97.1 Å². The predicted molar refractivity (Wildman–Crippen MR) is 266 cm³/mol. The molecule has 0 heterocycles. The lowest BCUT2D eigenvalue weighted by atomic mass is 9.86. The van der Waals surface area contributed by atoms with E-state index >= 15 is 0 Å². The van der Waals surface area contributed by atoms with Gasteiger partial charge in [-0.3, -0.25) is 0 Å². The van der Waals surface area contributed by atoms with E-state index in [1.165, 1.54) is 28.4 Å². The third-order valence-corrected chi connectivity index (χ3v) is 13.4. The molecule has 0 radical (unpaired) electrons. The van der Waals surface area contributed by atoms with Crippen LogP contribution in [0.3, 0.4) is 0 Å². The summed E-state index contributed by atoms with van der Waals surface area (Å²) >= 11 is 6.88. The Bertz CT molecular complexity index is 3180. The van der Waals surface area contributed by atoms with Crippen molar-refractivity contribution in [2.24, 2.45) is 0 Å². The zero-order valence-electron chi connectivity index (χ0n) is 39.6. The van der Waals surface area contributed by atoms with E-state index in [1.54, 1.807) is 62.4 Å². The van der Waals surface area contributed by atoms with E-state index in [0.29, 0.717) is 89.8 Å². The normalized spacial score (nSPS) is 11.1. The van der Waals surface area contributed by atoms with Crippen molar-refractivity contribution in [2.45, 2.75) is 24.5 Å². The van der Waals surface area contributed by atoms with E-state index in [0.717, 1.165) is 48.5 Å². The third kappa shape index (κ3) is 10.3. The Hall–Kier alpha value is -6.92. The largest absolute Gasteiger partial charge is 0.496 e. The van der Waals surface area contributed by atoms with Gasteiger partial charge in [0.1, 0.15) is 23.0 Å². The molecule has 0 aliphatic carbocycles. The molecular formula is C56H38Br2F12O4. The lowest BCUT2D eigenvalue weighted by Crippen LogP contribution is -2.03. The monoisotopic (exact) mass is 1160 g/mol. The maximum atomic E-state index is 14.1. The average Bonchev–Trinajstić information content (AvgIpc) is 3.38. The first-order valence-electron chi connectivity index (χ1n) is 21.7. The second-order valence-electron chi connectivity index (χ2n) is 16.3. The number of alkyl halides is 2. The van der Waals surface area contributed by atoms with Crippen LogP contribution in [0.5, 0.6) is 23.0 Å². The molecule has 8 aromatic carbocycles. The number of benzene rings is 8. The smallest absolute Gasteiger partial charge is 0.194 e. The zero-order chi connectivity index (χ0) is 54.0. The molecule has 0 aromatic heterocycles. The van der Waals surface area contributed by atoms with Crippen molar-refractivity contribution >= 4 is 31.9 Å². The van der Waals surface area contributed by atoms with Gasteiger partial charge >= 0.3 is 0 Å². The Balaban J connectivity index is 0.000000217. The molecule has 8 rings (SSSR count). The maximum Gasteiger partial charge on any atom is 0.194 e. The van der Waals surface area contributed by atoms with Gasteiger partial charge in [-0.15, -0.1) is 0 Å². The maximum absolute atomic E-state index is 14.1. The standard InChI is InChI=1S/C28H18Br2F6O2.C28H20F6O2/c1-37-23-5-3-15(13-7-19(31)27(35)20(32)8-13)17(11-29)25(23)26-18(12-30)16(4-6-24(26)38-2)14-9-21(33)28(36)22(34)10-14;1-13-17(15-9-19(29)27(33)20(30)10-15)5-7-23(35-3)25(13)26-14(2)18(6-8-24(26)36-4)16-11-21(31)28(34)22(32)12-16/h3-10H,11-12H2,1-2H3;5-12H,1-4H3. The molecule has 0 spiro atoms. The lowest BCUT2D eigenvalue weighted by molar-refractivity contribution is 0.410. The van der Waals surface area contributed by atoms with Gasteiger partial charge in [0.05, 0.1) is 28.4 Å². The third-order valence-electron chi connectivity index (χ3n) is 12.2. The minimum atomic E-state index is -1.59. The van der Waals surface area contributed by atoms with Crippen LogP contribution in [-0.4, -0.2) is 28.4 Å². The summed E-state index contributed by atoms with van der Waals surface area (Å²) in [5, 5.41) is 0.342. The molecule has 0 saturated heterocycles. The quantitative estimate of drug-likeness (QED) is 0.0694. The van der Waals surface area contributed by atoms with Crippen LogP contribution in [0.2, 0.25) is 0 Å². The summed E-state index contributed by atoms with van der Waals surface area (Å²) in [6, 6.07) is 19.8. The second-order valence-corrected chi connectivity index (χ2v) is 17.4. The Kier molecular flexibility index (Phi) is 16.8. The first-order valence-corrected chi connectivity index (χ1v) is 24.0. The van der Waals surface area contributed by atoms with Crippen molar-refractivity contribution in [2.75, 3.05) is 28.4 Å². The zero-order valence-corrected chi connectivity index (χ0v) is 42.7. The van der Waals surface area contributed by atoms with Crippen LogP contribution in [0, 0.1) is 83.7 Å².